The Bertz CT molecular complexity index is 807. The number of methoxy groups -OCH3 is 2. The third kappa shape index (κ3) is 4.44. The lowest BCUT2D eigenvalue weighted by atomic mass is 9.98. The van der Waals surface area contributed by atoms with E-state index < -0.39 is 37.0 Å². The molecular formula is C22H26O8. The Labute approximate surface area is 174 Å². The molecule has 2 aliphatic heterocycles. The molecule has 4 rings (SSSR count). The van der Waals surface area contributed by atoms with Crippen LogP contribution >= 0.6 is 0 Å². The fourth-order valence-electron chi connectivity index (χ4n) is 3.55. The minimum atomic E-state index is -1.25. The van der Waals surface area contributed by atoms with E-state index in [1.165, 1.54) is 0 Å². The molecule has 0 aromatic heterocycles. The molecule has 0 amide bonds. The van der Waals surface area contributed by atoms with Gasteiger partial charge >= 0.3 is 0 Å². The van der Waals surface area contributed by atoms with E-state index in [2.05, 4.69) is 0 Å². The molecule has 2 aliphatic rings. The van der Waals surface area contributed by atoms with Crippen molar-refractivity contribution in [2.75, 3.05) is 20.8 Å². The average Bonchev–Trinajstić information content (AvgIpc) is 2.80. The van der Waals surface area contributed by atoms with Gasteiger partial charge in [0.1, 0.15) is 35.9 Å². The van der Waals surface area contributed by atoms with Crippen LogP contribution in [0.3, 0.4) is 0 Å². The predicted octanol–water partition coefficient (Wildman–Crippen LogP) is 1.78. The van der Waals surface area contributed by atoms with Gasteiger partial charge in [0.05, 0.1) is 27.4 Å². The van der Waals surface area contributed by atoms with Crippen LogP contribution in [-0.4, -0.2) is 61.7 Å². The average molecular weight is 418 g/mol. The number of fused-ring (bicyclic) bond motifs is 1. The van der Waals surface area contributed by atoms with Crippen LogP contribution in [0.1, 0.15) is 17.4 Å². The zero-order valence-corrected chi connectivity index (χ0v) is 16.8. The fourth-order valence-corrected chi connectivity index (χ4v) is 3.55. The molecule has 30 heavy (non-hydrogen) atoms. The Morgan fingerprint density at radius 2 is 1.50 bits per heavy atom. The lowest BCUT2D eigenvalue weighted by Crippen LogP contribution is -2.62. The van der Waals surface area contributed by atoms with Gasteiger partial charge in [0.2, 0.25) is 0 Å². The van der Waals surface area contributed by atoms with Gasteiger partial charge in [0.15, 0.2) is 12.6 Å². The largest absolute Gasteiger partial charge is 0.497 e. The van der Waals surface area contributed by atoms with Crippen LogP contribution in [-0.2, 0) is 25.6 Å². The highest BCUT2D eigenvalue weighted by atomic mass is 16.8. The van der Waals surface area contributed by atoms with Gasteiger partial charge in [0, 0.05) is 5.56 Å². The van der Waals surface area contributed by atoms with Crippen LogP contribution in [0.5, 0.6) is 11.5 Å². The van der Waals surface area contributed by atoms with E-state index in [1.54, 1.807) is 26.4 Å². The molecule has 2 aromatic carbocycles. The van der Waals surface area contributed by atoms with Gasteiger partial charge in [-0.25, -0.2) is 0 Å². The summed E-state index contributed by atoms with van der Waals surface area (Å²) in [7, 11) is 3.19. The van der Waals surface area contributed by atoms with Crippen LogP contribution in [0, 0.1) is 0 Å². The Balaban J connectivity index is 1.36. The predicted molar refractivity (Wildman–Crippen MR) is 105 cm³/mol. The molecule has 2 aromatic rings. The Hall–Kier alpha value is -2.20. The van der Waals surface area contributed by atoms with Crippen molar-refractivity contribution in [1.82, 2.24) is 0 Å². The maximum absolute atomic E-state index is 10.6. The maximum Gasteiger partial charge on any atom is 0.187 e. The molecule has 0 bridgehead atoms. The molecule has 0 aliphatic carbocycles. The van der Waals surface area contributed by atoms with E-state index in [0.717, 1.165) is 22.6 Å². The second kappa shape index (κ2) is 9.30. The van der Waals surface area contributed by atoms with Gasteiger partial charge in [-0.3, -0.25) is 0 Å². The van der Waals surface area contributed by atoms with Gasteiger partial charge in [-0.05, 0) is 29.8 Å². The van der Waals surface area contributed by atoms with Crippen LogP contribution in [0.2, 0.25) is 0 Å². The van der Waals surface area contributed by atoms with E-state index in [-0.39, 0.29) is 13.2 Å². The number of rotatable bonds is 6. The van der Waals surface area contributed by atoms with Crippen molar-refractivity contribution in [3.63, 3.8) is 0 Å². The second-order valence-corrected chi connectivity index (χ2v) is 7.22. The van der Waals surface area contributed by atoms with Crippen LogP contribution in [0.4, 0.5) is 0 Å². The second-order valence-electron chi connectivity index (χ2n) is 7.22. The summed E-state index contributed by atoms with van der Waals surface area (Å²) >= 11 is 0. The molecule has 6 atom stereocenters. The SMILES string of the molecule is COc1ccc(CO[C@@H]2O[C@@H]3CO[C@@H](c4ccc(OC)cc4)O[C@H]3[C@H](O)[C@H]2O)cc1. The van der Waals surface area contributed by atoms with Gasteiger partial charge in [-0.2, -0.15) is 0 Å². The van der Waals surface area contributed by atoms with E-state index in [1.807, 2.05) is 36.4 Å². The minimum Gasteiger partial charge on any atom is -0.497 e. The molecule has 2 fully saturated rings. The van der Waals surface area contributed by atoms with E-state index in [0.29, 0.717) is 0 Å². The topological polar surface area (TPSA) is 95.8 Å². The highest BCUT2D eigenvalue weighted by molar-refractivity contribution is 5.28. The minimum absolute atomic E-state index is 0.202. The third-order valence-electron chi connectivity index (χ3n) is 5.29. The lowest BCUT2D eigenvalue weighted by Gasteiger charge is -2.46. The first-order valence-corrected chi connectivity index (χ1v) is 9.76. The number of benzene rings is 2. The normalized spacial score (nSPS) is 31.1. The quantitative estimate of drug-likeness (QED) is 0.733. The molecule has 0 spiro atoms. The van der Waals surface area contributed by atoms with Crippen LogP contribution in [0.25, 0.3) is 0 Å². The number of ether oxygens (including phenoxy) is 6. The summed E-state index contributed by atoms with van der Waals surface area (Å²) in [5.74, 6) is 1.47. The van der Waals surface area contributed by atoms with Crippen molar-refractivity contribution in [2.24, 2.45) is 0 Å². The number of hydrogen-bond acceptors (Lipinski definition) is 8. The maximum atomic E-state index is 10.6. The zero-order chi connectivity index (χ0) is 21.1. The standard InChI is InChI=1S/C22H26O8/c1-25-15-7-3-13(4-8-15)11-27-22-19(24)18(23)20-17(29-22)12-28-21(30-20)14-5-9-16(26-2)10-6-14/h3-10,17-24H,11-12H2,1-2H3/t17-,18-,19-,20-,21-,22-/m1/s1. The van der Waals surface area contributed by atoms with Crippen molar-refractivity contribution < 1.29 is 38.6 Å². The summed E-state index contributed by atoms with van der Waals surface area (Å²) < 4.78 is 33.5. The molecule has 8 heteroatoms. The van der Waals surface area contributed by atoms with Crippen molar-refractivity contribution in [3.05, 3.63) is 59.7 Å². The Morgan fingerprint density at radius 3 is 2.13 bits per heavy atom. The van der Waals surface area contributed by atoms with E-state index >= 15 is 0 Å². The molecule has 0 unspecified atom stereocenters. The molecule has 2 N–H and O–H groups in total. The number of aliphatic hydroxyl groups is 2. The number of hydrogen-bond donors (Lipinski definition) is 2. The number of aliphatic hydroxyl groups excluding tert-OH is 2. The summed E-state index contributed by atoms with van der Waals surface area (Å²) in [6.45, 7) is 0.416. The highest BCUT2D eigenvalue weighted by Gasteiger charge is 2.49. The first-order chi connectivity index (χ1) is 14.6. The van der Waals surface area contributed by atoms with Gasteiger partial charge in [0.25, 0.3) is 0 Å². The lowest BCUT2D eigenvalue weighted by molar-refractivity contribution is -0.362. The van der Waals surface area contributed by atoms with Crippen molar-refractivity contribution in [2.45, 2.75) is 43.6 Å². The van der Waals surface area contributed by atoms with Crippen LogP contribution < -0.4 is 9.47 Å². The van der Waals surface area contributed by atoms with Crippen LogP contribution in [0.15, 0.2) is 48.5 Å². The molecule has 0 radical (unpaired) electrons. The fraction of sp³-hybridized carbons (Fsp3) is 0.455. The van der Waals surface area contributed by atoms with E-state index in [4.69, 9.17) is 28.4 Å². The molecular weight excluding hydrogens is 392 g/mol. The monoisotopic (exact) mass is 418 g/mol. The molecule has 0 saturated carbocycles. The molecule has 2 saturated heterocycles. The van der Waals surface area contributed by atoms with E-state index in [9.17, 15) is 10.2 Å². The van der Waals surface area contributed by atoms with Gasteiger partial charge in [-0.15, -0.1) is 0 Å². The summed E-state index contributed by atoms with van der Waals surface area (Å²) in [5.41, 5.74) is 1.67. The Kier molecular flexibility index (Phi) is 6.52. The summed E-state index contributed by atoms with van der Waals surface area (Å²) in [4.78, 5) is 0. The molecule has 2 heterocycles. The third-order valence-corrected chi connectivity index (χ3v) is 5.29. The van der Waals surface area contributed by atoms with Crippen molar-refractivity contribution in [1.29, 1.82) is 0 Å². The van der Waals surface area contributed by atoms with Gasteiger partial charge < -0.3 is 38.6 Å². The summed E-state index contributed by atoms with van der Waals surface area (Å²) in [5, 5.41) is 21.1. The zero-order valence-electron chi connectivity index (χ0n) is 16.8. The molecule has 8 nitrogen and oxygen atoms in total. The highest BCUT2D eigenvalue weighted by Crippen LogP contribution is 2.35. The summed E-state index contributed by atoms with van der Waals surface area (Å²) in [6, 6.07) is 14.6. The molecule has 162 valence electrons. The summed E-state index contributed by atoms with van der Waals surface area (Å²) in [6.07, 6.45) is -5.37. The Morgan fingerprint density at radius 1 is 0.867 bits per heavy atom. The first kappa shape index (κ1) is 21.0. The van der Waals surface area contributed by atoms with Gasteiger partial charge in [-0.1, -0.05) is 24.3 Å². The first-order valence-electron chi connectivity index (χ1n) is 9.76. The van der Waals surface area contributed by atoms with Crippen molar-refractivity contribution >= 4 is 0 Å². The smallest absolute Gasteiger partial charge is 0.187 e. The van der Waals surface area contributed by atoms with Crippen molar-refractivity contribution in [3.8, 4) is 11.5 Å².